The van der Waals surface area contributed by atoms with Crippen molar-refractivity contribution in [3.8, 4) is 0 Å². The molecule has 1 aliphatic heterocycles. The Hall–Kier alpha value is -0.320. The van der Waals surface area contributed by atoms with E-state index < -0.39 is 28.8 Å². The first-order valence-electron chi connectivity index (χ1n) is 13.0. The summed E-state index contributed by atoms with van der Waals surface area (Å²) in [6, 6.07) is -0.353. The van der Waals surface area contributed by atoms with Crippen LogP contribution in [0.15, 0.2) is 0 Å². The van der Waals surface area contributed by atoms with Crippen molar-refractivity contribution in [1.29, 1.82) is 0 Å². The zero-order valence-corrected chi connectivity index (χ0v) is 22.0. The third kappa shape index (κ3) is 3.47. The van der Waals surface area contributed by atoms with Gasteiger partial charge in [-0.3, -0.25) is 4.90 Å². The molecule has 8 heteroatoms. The highest BCUT2D eigenvalue weighted by Gasteiger charge is 2.82. The number of nitrogens with zero attached hydrogens (tertiary/aromatic N) is 1. The van der Waals surface area contributed by atoms with E-state index in [1.165, 1.54) is 0 Å². The van der Waals surface area contributed by atoms with Gasteiger partial charge in [0, 0.05) is 64.1 Å². The number of hydrogen-bond donors (Lipinski definition) is 3. The quantitative estimate of drug-likeness (QED) is 0.475. The van der Waals surface area contributed by atoms with E-state index in [9.17, 15) is 15.3 Å². The molecule has 1 spiro atoms. The van der Waals surface area contributed by atoms with Crippen LogP contribution in [0.3, 0.4) is 0 Å². The minimum atomic E-state index is -1.58. The van der Waals surface area contributed by atoms with E-state index in [1.54, 1.807) is 35.4 Å². The first-order valence-corrected chi connectivity index (χ1v) is 13.0. The molecule has 3 N–H and O–H groups in total. The molecule has 5 bridgehead atoms. The zero-order valence-electron chi connectivity index (χ0n) is 22.0. The predicted molar refractivity (Wildman–Crippen MR) is 128 cm³/mol. The van der Waals surface area contributed by atoms with E-state index in [0.717, 1.165) is 45.2 Å². The Kier molecular flexibility index (Phi) is 7.49. The van der Waals surface area contributed by atoms with Crippen LogP contribution < -0.4 is 0 Å². The SMILES string of the molecule is CCCN1CC2(COC)CC[C@H](OC)[C@@]34CC[C@@H](COC)[C@H](O)C[C@](C)(O)C(O)([C@H](OC)[C@H]23)[C@H]14. The van der Waals surface area contributed by atoms with Gasteiger partial charge in [-0.2, -0.15) is 0 Å². The second kappa shape index (κ2) is 9.53. The van der Waals surface area contributed by atoms with Crippen molar-refractivity contribution in [3.63, 3.8) is 0 Å². The van der Waals surface area contributed by atoms with Gasteiger partial charge in [-0.1, -0.05) is 6.92 Å². The van der Waals surface area contributed by atoms with E-state index >= 15 is 0 Å². The summed E-state index contributed by atoms with van der Waals surface area (Å²) in [4.78, 5) is 2.40. The molecular formula is C26H47NO7. The number of hydrogen-bond acceptors (Lipinski definition) is 8. The molecule has 4 fully saturated rings. The number of likely N-dealkylation sites (tertiary alicyclic amines) is 1. The maximum Gasteiger partial charge on any atom is 0.135 e. The maximum atomic E-state index is 12.8. The highest BCUT2D eigenvalue weighted by atomic mass is 16.5. The number of aliphatic hydroxyl groups excluding tert-OH is 1. The fourth-order valence-electron chi connectivity index (χ4n) is 9.14. The zero-order chi connectivity index (χ0) is 24.9. The van der Waals surface area contributed by atoms with Crippen LogP contribution in [0.5, 0.6) is 0 Å². The van der Waals surface area contributed by atoms with Gasteiger partial charge in [0.2, 0.25) is 0 Å². The average molecular weight is 486 g/mol. The third-order valence-electron chi connectivity index (χ3n) is 10.1. The Balaban J connectivity index is 2.00. The van der Waals surface area contributed by atoms with Gasteiger partial charge in [0.05, 0.1) is 43.2 Å². The van der Waals surface area contributed by atoms with Crippen LogP contribution in [0.25, 0.3) is 0 Å². The highest BCUT2D eigenvalue weighted by Crippen LogP contribution is 2.71. The molecular weight excluding hydrogens is 438 g/mol. The summed E-state index contributed by atoms with van der Waals surface area (Å²) in [5.74, 6) is -0.178. The van der Waals surface area contributed by atoms with Crippen LogP contribution in [0, 0.1) is 22.7 Å². The molecule has 0 aromatic rings. The van der Waals surface area contributed by atoms with Crippen molar-refractivity contribution < 1.29 is 34.3 Å². The summed E-state index contributed by atoms with van der Waals surface area (Å²) in [7, 11) is 6.82. The lowest BCUT2D eigenvalue weighted by Gasteiger charge is -2.64. The van der Waals surface area contributed by atoms with Gasteiger partial charge in [0.1, 0.15) is 5.60 Å². The molecule has 8 nitrogen and oxygen atoms in total. The summed E-state index contributed by atoms with van der Waals surface area (Å²) in [6.45, 7) is 6.43. The fraction of sp³-hybridized carbons (Fsp3) is 1.00. The van der Waals surface area contributed by atoms with Gasteiger partial charge in [0.25, 0.3) is 0 Å². The van der Waals surface area contributed by atoms with Crippen molar-refractivity contribution in [2.75, 3.05) is 54.7 Å². The Labute approximate surface area is 204 Å². The Morgan fingerprint density at radius 2 is 1.74 bits per heavy atom. The van der Waals surface area contributed by atoms with Crippen LogP contribution in [-0.2, 0) is 18.9 Å². The lowest BCUT2D eigenvalue weighted by molar-refractivity contribution is -0.234. The largest absolute Gasteiger partial charge is 0.393 e. The van der Waals surface area contributed by atoms with Gasteiger partial charge in [-0.05, 0) is 45.6 Å². The minimum absolute atomic E-state index is 0.0448. The lowest BCUT2D eigenvalue weighted by atomic mass is 9.49. The molecule has 0 aromatic carbocycles. The smallest absolute Gasteiger partial charge is 0.135 e. The van der Waals surface area contributed by atoms with Gasteiger partial charge >= 0.3 is 0 Å². The first-order chi connectivity index (χ1) is 16.1. The van der Waals surface area contributed by atoms with Crippen LogP contribution in [-0.4, -0.2) is 111 Å². The summed E-state index contributed by atoms with van der Waals surface area (Å²) >= 11 is 0. The Morgan fingerprint density at radius 1 is 1.00 bits per heavy atom. The molecule has 3 saturated carbocycles. The van der Waals surface area contributed by atoms with E-state index in [0.29, 0.717) is 13.2 Å². The molecule has 4 aliphatic rings. The van der Waals surface area contributed by atoms with E-state index in [2.05, 4.69) is 11.8 Å². The molecule has 3 aliphatic carbocycles. The van der Waals surface area contributed by atoms with Gasteiger partial charge in [-0.25, -0.2) is 0 Å². The van der Waals surface area contributed by atoms with Crippen LogP contribution >= 0.6 is 0 Å². The van der Waals surface area contributed by atoms with Gasteiger partial charge < -0.3 is 34.3 Å². The monoisotopic (exact) mass is 485 g/mol. The normalized spacial score (nSPS) is 51.1. The number of aliphatic hydroxyl groups is 3. The lowest BCUT2D eigenvalue weighted by Crippen LogP contribution is -2.73. The molecule has 2 unspecified atom stereocenters. The number of rotatable bonds is 8. The number of piperidine rings is 1. The molecule has 4 rings (SSSR count). The maximum absolute atomic E-state index is 12.8. The van der Waals surface area contributed by atoms with Gasteiger partial charge in [-0.15, -0.1) is 0 Å². The van der Waals surface area contributed by atoms with Crippen molar-refractivity contribution in [3.05, 3.63) is 0 Å². The highest BCUT2D eigenvalue weighted by molar-refractivity contribution is 5.33. The predicted octanol–water partition coefficient (Wildman–Crippen LogP) is 1.44. The summed E-state index contributed by atoms with van der Waals surface area (Å²) in [6.07, 6.45) is 2.79. The standard InChI is InChI=1S/C26H47NO7/c1-7-12-27-15-24(16-32-4)10-9-19(33-5)25-11-8-17(14-31-3)18(28)13-23(2,29)26(30,22(25)27)21(34-6)20(24)25/h17-22,28-30H,7-16H2,1-6H3/t17-,18+,19-,20+,21+,22+,23-,24?,25-,26?/m0/s1. The molecule has 0 aromatic heterocycles. The van der Waals surface area contributed by atoms with E-state index in [1.807, 2.05) is 0 Å². The van der Waals surface area contributed by atoms with E-state index in [-0.39, 0.29) is 35.8 Å². The third-order valence-corrected chi connectivity index (χ3v) is 10.1. The van der Waals surface area contributed by atoms with Crippen molar-refractivity contribution in [2.24, 2.45) is 22.7 Å². The molecule has 198 valence electrons. The summed E-state index contributed by atoms with van der Waals surface area (Å²) < 4.78 is 23.8. The minimum Gasteiger partial charge on any atom is -0.393 e. The summed E-state index contributed by atoms with van der Waals surface area (Å²) in [5.41, 5.74) is -3.83. The molecule has 0 amide bonds. The Bertz CT molecular complexity index is 721. The second-order valence-corrected chi connectivity index (χ2v) is 11.8. The van der Waals surface area contributed by atoms with Crippen LogP contribution in [0.1, 0.15) is 52.4 Å². The van der Waals surface area contributed by atoms with Crippen molar-refractivity contribution >= 4 is 0 Å². The molecule has 0 radical (unpaired) electrons. The van der Waals surface area contributed by atoms with Gasteiger partial charge in [0.15, 0.2) is 0 Å². The van der Waals surface area contributed by atoms with Crippen LogP contribution in [0.4, 0.5) is 0 Å². The molecule has 34 heavy (non-hydrogen) atoms. The van der Waals surface area contributed by atoms with E-state index in [4.69, 9.17) is 18.9 Å². The Morgan fingerprint density at radius 3 is 2.32 bits per heavy atom. The number of methoxy groups -OCH3 is 4. The number of ether oxygens (including phenoxy) is 4. The topological polar surface area (TPSA) is 101 Å². The molecule has 1 heterocycles. The van der Waals surface area contributed by atoms with Crippen molar-refractivity contribution in [2.45, 2.75) is 87.9 Å². The average Bonchev–Trinajstić information content (AvgIpc) is 2.98. The fourth-order valence-corrected chi connectivity index (χ4v) is 9.14. The first kappa shape index (κ1) is 26.7. The molecule has 1 saturated heterocycles. The molecule has 10 atom stereocenters. The summed E-state index contributed by atoms with van der Waals surface area (Å²) in [5, 5.41) is 36.1. The van der Waals surface area contributed by atoms with Crippen LogP contribution in [0.2, 0.25) is 0 Å². The van der Waals surface area contributed by atoms with Crippen molar-refractivity contribution in [1.82, 2.24) is 4.90 Å². The second-order valence-electron chi connectivity index (χ2n) is 11.8.